The molecule has 0 aliphatic carbocycles. The van der Waals surface area contributed by atoms with Crippen molar-refractivity contribution < 1.29 is 9.21 Å². The Labute approximate surface area is 116 Å². The van der Waals surface area contributed by atoms with Gasteiger partial charge < -0.3 is 4.42 Å². The Morgan fingerprint density at radius 3 is 2.79 bits per heavy atom. The molecule has 5 heteroatoms. The Balaban J connectivity index is 2.11. The lowest BCUT2D eigenvalue weighted by Gasteiger charge is -2.04. The highest BCUT2D eigenvalue weighted by atomic mass is 35.5. The summed E-state index contributed by atoms with van der Waals surface area (Å²) in [5.74, 6) is 0.256. The van der Waals surface area contributed by atoms with E-state index in [4.69, 9.17) is 16.0 Å². The first-order valence-electron chi connectivity index (χ1n) is 5.72. The van der Waals surface area contributed by atoms with Gasteiger partial charge in [0.05, 0.1) is 16.8 Å². The third kappa shape index (κ3) is 3.23. The number of carbonyl (C=O) groups is 1. The summed E-state index contributed by atoms with van der Waals surface area (Å²) in [6.45, 7) is 3.66. The van der Waals surface area contributed by atoms with E-state index in [1.807, 2.05) is 13.0 Å². The van der Waals surface area contributed by atoms with Crippen LogP contribution < -0.4 is 5.43 Å². The quantitative estimate of drug-likeness (QED) is 0.690. The predicted octanol–water partition coefficient (Wildman–Crippen LogP) is 3.40. The number of rotatable bonds is 3. The van der Waals surface area contributed by atoms with Gasteiger partial charge in [0.25, 0.3) is 5.91 Å². The predicted molar refractivity (Wildman–Crippen MR) is 74.6 cm³/mol. The van der Waals surface area contributed by atoms with Crippen molar-refractivity contribution in [3.8, 4) is 0 Å². The van der Waals surface area contributed by atoms with Crippen molar-refractivity contribution in [3.63, 3.8) is 0 Å². The van der Waals surface area contributed by atoms with E-state index in [-0.39, 0.29) is 5.91 Å². The van der Waals surface area contributed by atoms with Crippen LogP contribution in [0.2, 0.25) is 5.02 Å². The SMILES string of the molecule is C/C(=N\NC(=O)c1ccc(C)cc1Cl)c1ccco1. The molecule has 1 heterocycles. The number of aryl methyl sites for hydroxylation is 1. The fourth-order valence-electron chi connectivity index (χ4n) is 1.54. The number of amides is 1. The number of hydrazone groups is 1. The van der Waals surface area contributed by atoms with Crippen LogP contribution in [0.3, 0.4) is 0 Å². The Morgan fingerprint density at radius 1 is 1.37 bits per heavy atom. The lowest BCUT2D eigenvalue weighted by Crippen LogP contribution is -2.19. The van der Waals surface area contributed by atoms with Crippen LogP contribution >= 0.6 is 11.6 Å². The molecule has 0 radical (unpaired) electrons. The average Bonchev–Trinajstić information content (AvgIpc) is 2.89. The molecule has 0 fully saturated rings. The van der Waals surface area contributed by atoms with E-state index in [0.717, 1.165) is 5.56 Å². The van der Waals surface area contributed by atoms with Gasteiger partial charge >= 0.3 is 0 Å². The molecule has 1 N–H and O–H groups in total. The second-order valence-corrected chi connectivity index (χ2v) is 4.51. The fourth-order valence-corrected chi connectivity index (χ4v) is 1.86. The molecule has 19 heavy (non-hydrogen) atoms. The number of benzene rings is 1. The lowest BCUT2D eigenvalue weighted by molar-refractivity contribution is 0.0955. The smallest absolute Gasteiger partial charge is 0.272 e. The van der Waals surface area contributed by atoms with E-state index in [0.29, 0.717) is 22.1 Å². The van der Waals surface area contributed by atoms with E-state index >= 15 is 0 Å². The van der Waals surface area contributed by atoms with Crippen LogP contribution in [-0.2, 0) is 0 Å². The first kappa shape index (κ1) is 13.4. The molecule has 0 unspecified atom stereocenters. The van der Waals surface area contributed by atoms with Crippen LogP contribution in [0.4, 0.5) is 0 Å². The third-order valence-electron chi connectivity index (χ3n) is 2.57. The molecule has 0 aliphatic heterocycles. The van der Waals surface area contributed by atoms with Crippen molar-refractivity contribution in [3.05, 3.63) is 58.5 Å². The summed E-state index contributed by atoms with van der Waals surface area (Å²) in [7, 11) is 0. The fraction of sp³-hybridized carbons (Fsp3) is 0.143. The maximum Gasteiger partial charge on any atom is 0.272 e. The minimum atomic E-state index is -0.351. The molecule has 98 valence electrons. The summed E-state index contributed by atoms with van der Waals surface area (Å²) in [6.07, 6.45) is 1.55. The molecule has 0 saturated carbocycles. The van der Waals surface area contributed by atoms with Crippen molar-refractivity contribution in [2.24, 2.45) is 5.10 Å². The molecule has 1 aromatic heterocycles. The first-order valence-corrected chi connectivity index (χ1v) is 6.10. The van der Waals surface area contributed by atoms with Crippen LogP contribution in [0.15, 0.2) is 46.1 Å². The van der Waals surface area contributed by atoms with Gasteiger partial charge in [0.2, 0.25) is 0 Å². The second kappa shape index (κ2) is 5.71. The van der Waals surface area contributed by atoms with E-state index in [1.54, 1.807) is 37.5 Å². The third-order valence-corrected chi connectivity index (χ3v) is 2.88. The van der Waals surface area contributed by atoms with E-state index in [9.17, 15) is 4.79 Å². The first-order chi connectivity index (χ1) is 9.08. The van der Waals surface area contributed by atoms with Gasteiger partial charge in [-0.05, 0) is 43.7 Å². The molecule has 0 bridgehead atoms. The van der Waals surface area contributed by atoms with Crippen LogP contribution in [0, 0.1) is 6.92 Å². The molecule has 1 amide bonds. The van der Waals surface area contributed by atoms with E-state index < -0.39 is 0 Å². The maximum absolute atomic E-state index is 11.9. The van der Waals surface area contributed by atoms with Gasteiger partial charge in [0, 0.05) is 0 Å². The summed E-state index contributed by atoms with van der Waals surface area (Å²) in [6, 6.07) is 8.76. The van der Waals surface area contributed by atoms with Gasteiger partial charge in [0.15, 0.2) is 0 Å². The number of nitrogens with one attached hydrogen (secondary N) is 1. The Bertz CT molecular complexity index is 618. The van der Waals surface area contributed by atoms with Crippen molar-refractivity contribution in [1.29, 1.82) is 0 Å². The van der Waals surface area contributed by atoms with Gasteiger partial charge in [-0.15, -0.1) is 0 Å². The molecule has 0 aliphatic rings. The molecular formula is C14H13ClN2O2. The number of furan rings is 1. The summed E-state index contributed by atoms with van der Waals surface area (Å²) in [5, 5.41) is 4.38. The second-order valence-electron chi connectivity index (χ2n) is 4.10. The van der Waals surface area contributed by atoms with Gasteiger partial charge in [-0.2, -0.15) is 5.10 Å². The van der Waals surface area contributed by atoms with Crippen molar-refractivity contribution >= 4 is 23.2 Å². The molecule has 4 nitrogen and oxygen atoms in total. The molecule has 2 rings (SSSR count). The van der Waals surface area contributed by atoms with Crippen molar-refractivity contribution in [2.75, 3.05) is 0 Å². The molecular weight excluding hydrogens is 264 g/mol. The van der Waals surface area contributed by atoms with Crippen molar-refractivity contribution in [2.45, 2.75) is 13.8 Å². The van der Waals surface area contributed by atoms with Gasteiger partial charge in [-0.3, -0.25) is 4.79 Å². The zero-order valence-electron chi connectivity index (χ0n) is 10.6. The minimum absolute atomic E-state index is 0.351. The number of carbonyl (C=O) groups excluding carboxylic acids is 1. The summed E-state index contributed by atoms with van der Waals surface area (Å²) >= 11 is 6.01. The highest BCUT2D eigenvalue weighted by Gasteiger charge is 2.10. The van der Waals surface area contributed by atoms with Gasteiger partial charge in [-0.1, -0.05) is 17.7 Å². The highest BCUT2D eigenvalue weighted by molar-refractivity contribution is 6.33. The highest BCUT2D eigenvalue weighted by Crippen LogP contribution is 2.17. The summed E-state index contributed by atoms with van der Waals surface area (Å²) in [4.78, 5) is 11.9. The van der Waals surface area contributed by atoms with Crippen molar-refractivity contribution in [1.82, 2.24) is 5.43 Å². The number of hydrogen-bond donors (Lipinski definition) is 1. The van der Waals surface area contributed by atoms with Crippen LogP contribution in [0.5, 0.6) is 0 Å². The lowest BCUT2D eigenvalue weighted by atomic mass is 10.1. The Hall–Kier alpha value is -2.07. The molecule has 2 aromatic rings. The largest absolute Gasteiger partial charge is 0.463 e. The van der Waals surface area contributed by atoms with Crippen LogP contribution in [0.1, 0.15) is 28.6 Å². The maximum atomic E-state index is 11.9. The van der Waals surface area contributed by atoms with E-state index in [1.165, 1.54) is 0 Å². The molecule has 0 saturated heterocycles. The molecule has 0 spiro atoms. The van der Waals surface area contributed by atoms with Gasteiger partial charge in [0.1, 0.15) is 11.5 Å². The topological polar surface area (TPSA) is 54.6 Å². The standard InChI is InChI=1S/C14H13ClN2O2/c1-9-5-6-11(12(15)8-9)14(18)17-16-10(2)13-4-3-7-19-13/h3-8H,1-2H3,(H,17,18)/b16-10+. The molecule has 1 aromatic carbocycles. The average molecular weight is 277 g/mol. The zero-order valence-corrected chi connectivity index (χ0v) is 11.4. The van der Waals surface area contributed by atoms with E-state index in [2.05, 4.69) is 10.5 Å². The number of hydrogen-bond acceptors (Lipinski definition) is 3. The van der Waals surface area contributed by atoms with Crippen LogP contribution in [-0.4, -0.2) is 11.6 Å². The zero-order chi connectivity index (χ0) is 13.8. The van der Waals surface area contributed by atoms with Gasteiger partial charge in [-0.25, -0.2) is 5.43 Å². The Kier molecular flexibility index (Phi) is 4.02. The number of halogens is 1. The Morgan fingerprint density at radius 2 is 2.16 bits per heavy atom. The molecule has 0 atom stereocenters. The normalized spacial score (nSPS) is 11.4. The monoisotopic (exact) mass is 276 g/mol. The minimum Gasteiger partial charge on any atom is -0.463 e. The summed E-state index contributed by atoms with van der Waals surface area (Å²) in [5.41, 5.74) is 4.43. The summed E-state index contributed by atoms with van der Waals surface area (Å²) < 4.78 is 5.16. The number of nitrogens with zero attached hydrogens (tertiary/aromatic N) is 1. The van der Waals surface area contributed by atoms with Crippen LogP contribution in [0.25, 0.3) is 0 Å².